The molecule has 6 heteroatoms. The summed E-state index contributed by atoms with van der Waals surface area (Å²) in [7, 11) is 0. The van der Waals surface area contributed by atoms with Gasteiger partial charge in [0.15, 0.2) is 5.65 Å². The average Bonchev–Trinajstić information content (AvgIpc) is 2.73. The van der Waals surface area contributed by atoms with Gasteiger partial charge in [-0.15, -0.1) is 0 Å². The van der Waals surface area contributed by atoms with Crippen LogP contribution in [0.3, 0.4) is 0 Å². The van der Waals surface area contributed by atoms with Gasteiger partial charge in [-0.25, -0.2) is 9.97 Å². The molecule has 17 heavy (non-hydrogen) atoms. The van der Waals surface area contributed by atoms with Crippen molar-refractivity contribution < 1.29 is 0 Å². The summed E-state index contributed by atoms with van der Waals surface area (Å²) in [6.07, 6.45) is 6.90. The molecule has 0 aliphatic carbocycles. The molecule has 0 amide bonds. The van der Waals surface area contributed by atoms with E-state index in [4.69, 9.17) is 11.6 Å². The van der Waals surface area contributed by atoms with Gasteiger partial charge in [0.1, 0.15) is 5.52 Å². The molecule has 3 rings (SSSR count). The maximum Gasteiger partial charge on any atom is 0.224 e. The minimum absolute atomic E-state index is 0.227. The Hall–Kier alpha value is -2.01. The van der Waals surface area contributed by atoms with Crippen molar-refractivity contribution >= 4 is 22.8 Å². The van der Waals surface area contributed by atoms with Crippen LogP contribution in [0.4, 0.5) is 0 Å². The van der Waals surface area contributed by atoms with Crippen LogP contribution >= 0.6 is 11.6 Å². The predicted molar refractivity (Wildman–Crippen MR) is 63.7 cm³/mol. The number of pyridine rings is 1. The van der Waals surface area contributed by atoms with Gasteiger partial charge in [-0.2, -0.15) is 4.98 Å². The van der Waals surface area contributed by atoms with Crippen LogP contribution in [0.15, 0.2) is 37.1 Å². The second-order valence-corrected chi connectivity index (χ2v) is 3.92. The molecule has 0 saturated carbocycles. The van der Waals surface area contributed by atoms with Gasteiger partial charge in [-0.05, 0) is 23.2 Å². The molecular formula is C11H8ClN5. The Labute approximate surface area is 102 Å². The molecule has 0 bridgehead atoms. The van der Waals surface area contributed by atoms with E-state index in [9.17, 15) is 0 Å². The second kappa shape index (κ2) is 4.10. The number of rotatable bonds is 2. The first-order valence-corrected chi connectivity index (χ1v) is 5.43. The first-order chi connectivity index (χ1) is 8.33. The Bertz CT molecular complexity index is 649. The number of imidazole rings is 1. The highest BCUT2D eigenvalue weighted by molar-refractivity contribution is 6.28. The zero-order valence-electron chi connectivity index (χ0n) is 8.79. The summed E-state index contributed by atoms with van der Waals surface area (Å²) in [5.41, 5.74) is 2.55. The molecule has 3 aromatic rings. The molecule has 0 saturated heterocycles. The average molecular weight is 246 g/mol. The molecule has 0 atom stereocenters. The molecule has 0 N–H and O–H groups in total. The van der Waals surface area contributed by atoms with E-state index >= 15 is 0 Å². The lowest BCUT2D eigenvalue weighted by Crippen LogP contribution is -1.99. The van der Waals surface area contributed by atoms with Crippen LogP contribution in [-0.4, -0.2) is 24.5 Å². The van der Waals surface area contributed by atoms with Crippen molar-refractivity contribution in [2.24, 2.45) is 0 Å². The minimum atomic E-state index is 0.227. The quantitative estimate of drug-likeness (QED) is 0.648. The maximum atomic E-state index is 5.77. The third kappa shape index (κ3) is 1.97. The van der Waals surface area contributed by atoms with Crippen molar-refractivity contribution in [1.82, 2.24) is 24.5 Å². The molecule has 0 fully saturated rings. The fourth-order valence-corrected chi connectivity index (χ4v) is 1.77. The summed E-state index contributed by atoms with van der Waals surface area (Å²) < 4.78 is 1.92. The summed E-state index contributed by atoms with van der Waals surface area (Å²) >= 11 is 5.77. The van der Waals surface area contributed by atoms with Crippen molar-refractivity contribution in [3.05, 3.63) is 47.9 Å². The third-order valence-electron chi connectivity index (χ3n) is 2.40. The number of hydrogen-bond donors (Lipinski definition) is 0. The van der Waals surface area contributed by atoms with Crippen LogP contribution in [-0.2, 0) is 6.54 Å². The predicted octanol–water partition coefficient (Wildman–Crippen LogP) is 1.92. The molecule has 84 valence electrons. The summed E-state index contributed by atoms with van der Waals surface area (Å²) in [5.74, 6) is 0. The van der Waals surface area contributed by atoms with E-state index in [1.54, 1.807) is 18.7 Å². The summed E-state index contributed by atoms with van der Waals surface area (Å²) in [6.45, 7) is 0.664. The van der Waals surface area contributed by atoms with Crippen LogP contribution in [0.25, 0.3) is 11.2 Å². The number of fused-ring (bicyclic) bond motifs is 1. The zero-order valence-corrected chi connectivity index (χ0v) is 9.54. The van der Waals surface area contributed by atoms with Crippen molar-refractivity contribution in [2.45, 2.75) is 6.54 Å². The van der Waals surface area contributed by atoms with Gasteiger partial charge >= 0.3 is 0 Å². The van der Waals surface area contributed by atoms with E-state index in [-0.39, 0.29) is 5.28 Å². The third-order valence-corrected chi connectivity index (χ3v) is 2.59. The van der Waals surface area contributed by atoms with Crippen molar-refractivity contribution in [2.75, 3.05) is 0 Å². The molecule has 0 aliphatic heterocycles. The molecule has 3 aromatic heterocycles. The SMILES string of the molecule is Clc1ncc2ncn(Cc3cccnc3)c2n1. The zero-order chi connectivity index (χ0) is 11.7. The lowest BCUT2D eigenvalue weighted by Gasteiger charge is -2.02. The van der Waals surface area contributed by atoms with E-state index in [1.807, 2.05) is 22.9 Å². The van der Waals surface area contributed by atoms with Gasteiger partial charge in [-0.1, -0.05) is 6.07 Å². The van der Waals surface area contributed by atoms with Crippen molar-refractivity contribution in [3.63, 3.8) is 0 Å². The number of aromatic nitrogens is 5. The number of halogens is 1. The smallest absolute Gasteiger partial charge is 0.224 e. The highest BCUT2D eigenvalue weighted by atomic mass is 35.5. The first-order valence-electron chi connectivity index (χ1n) is 5.05. The molecule has 0 unspecified atom stereocenters. The molecule has 0 spiro atoms. The van der Waals surface area contributed by atoms with E-state index < -0.39 is 0 Å². The summed E-state index contributed by atoms with van der Waals surface area (Å²) in [4.78, 5) is 16.3. The van der Waals surface area contributed by atoms with Crippen LogP contribution in [0.1, 0.15) is 5.56 Å². The number of nitrogens with zero attached hydrogens (tertiary/aromatic N) is 5. The van der Waals surface area contributed by atoms with Gasteiger partial charge in [0, 0.05) is 12.4 Å². The Kier molecular flexibility index (Phi) is 2.45. The maximum absolute atomic E-state index is 5.77. The molecule has 0 radical (unpaired) electrons. The van der Waals surface area contributed by atoms with Gasteiger partial charge in [-0.3, -0.25) is 4.98 Å². The Balaban J connectivity index is 2.03. The normalized spacial score (nSPS) is 10.9. The van der Waals surface area contributed by atoms with Gasteiger partial charge in [0.2, 0.25) is 5.28 Å². The molecule has 3 heterocycles. The standard InChI is InChI=1S/C11H8ClN5/c12-11-14-5-9-10(16-11)17(7-15-9)6-8-2-1-3-13-4-8/h1-5,7H,6H2. The van der Waals surface area contributed by atoms with Crippen molar-refractivity contribution in [1.29, 1.82) is 0 Å². The van der Waals surface area contributed by atoms with Gasteiger partial charge in [0.05, 0.1) is 19.1 Å². The van der Waals surface area contributed by atoms with E-state index in [0.717, 1.165) is 16.7 Å². The second-order valence-electron chi connectivity index (χ2n) is 3.58. The highest BCUT2D eigenvalue weighted by Crippen LogP contribution is 2.13. The molecule has 5 nitrogen and oxygen atoms in total. The monoisotopic (exact) mass is 245 g/mol. The fraction of sp³-hybridized carbons (Fsp3) is 0.0909. The summed E-state index contributed by atoms with van der Waals surface area (Å²) in [5, 5.41) is 0.227. The van der Waals surface area contributed by atoms with Crippen LogP contribution in [0.5, 0.6) is 0 Å². The van der Waals surface area contributed by atoms with Crippen molar-refractivity contribution in [3.8, 4) is 0 Å². The molecule has 0 aromatic carbocycles. The summed E-state index contributed by atoms with van der Waals surface area (Å²) in [6, 6.07) is 3.90. The first kappa shape index (κ1) is 10.2. The lowest BCUT2D eigenvalue weighted by molar-refractivity contribution is 0.809. The van der Waals surface area contributed by atoms with E-state index in [0.29, 0.717) is 6.54 Å². The Morgan fingerprint density at radius 3 is 3.00 bits per heavy atom. The fourth-order valence-electron chi connectivity index (χ4n) is 1.64. The van der Waals surface area contributed by atoms with E-state index in [1.165, 1.54) is 0 Å². The Morgan fingerprint density at radius 1 is 1.24 bits per heavy atom. The molecule has 0 aliphatic rings. The van der Waals surface area contributed by atoms with E-state index in [2.05, 4.69) is 19.9 Å². The van der Waals surface area contributed by atoms with Gasteiger partial charge < -0.3 is 4.57 Å². The van der Waals surface area contributed by atoms with Gasteiger partial charge in [0.25, 0.3) is 0 Å². The van der Waals surface area contributed by atoms with Crippen LogP contribution in [0.2, 0.25) is 5.28 Å². The largest absolute Gasteiger partial charge is 0.311 e. The topological polar surface area (TPSA) is 56.5 Å². The lowest BCUT2D eigenvalue weighted by atomic mass is 10.3. The minimum Gasteiger partial charge on any atom is -0.311 e. The Morgan fingerprint density at radius 2 is 2.18 bits per heavy atom. The highest BCUT2D eigenvalue weighted by Gasteiger charge is 2.06. The number of hydrogen-bond acceptors (Lipinski definition) is 4. The molecular weight excluding hydrogens is 238 g/mol. The van der Waals surface area contributed by atoms with Crippen LogP contribution in [0, 0.1) is 0 Å². The van der Waals surface area contributed by atoms with Crippen LogP contribution < -0.4 is 0 Å².